The minimum atomic E-state index is -4.02. The van der Waals surface area contributed by atoms with Crippen LogP contribution in [0.15, 0.2) is 52.3 Å². The fraction of sp³-hybridized carbons (Fsp3) is 0.481. The SMILES string of the molecule is COc1cccc(S(=O)(=O)N(C)C[C@H]2Oc3cc(C#CCN(C)C)ccc3S(=O)(=O)N([C@H](C)CO)C[C@H]2C)c1. The van der Waals surface area contributed by atoms with Crippen LogP contribution in [0.2, 0.25) is 0 Å². The first-order valence-corrected chi connectivity index (χ1v) is 15.4. The Hall–Kier alpha value is -2.66. The van der Waals surface area contributed by atoms with E-state index in [1.807, 2.05) is 19.0 Å². The van der Waals surface area contributed by atoms with Gasteiger partial charge in [0.15, 0.2) is 0 Å². The smallest absolute Gasteiger partial charge is 0.247 e. The van der Waals surface area contributed by atoms with Gasteiger partial charge in [0.05, 0.1) is 31.7 Å². The van der Waals surface area contributed by atoms with E-state index in [4.69, 9.17) is 9.47 Å². The normalized spacial score (nSPS) is 20.2. The lowest BCUT2D eigenvalue weighted by atomic mass is 10.0. The minimum absolute atomic E-state index is 0.0333. The van der Waals surface area contributed by atoms with E-state index in [0.717, 1.165) is 0 Å². The second-order valence-corrected chi connectivity index (χ2v) is 13.8. The minimum Gasteiger partial charge on any atom is -0.497 e. The highest BCUT2D eigenvalue weighted by molar-refractivity contribution is 7.89. The maximum Gasteiger partial charge on any atom is 0.247 e. The summed E-state index contributed by atoms with van der Waals surface area (Å²) in [5, 5.41) is 9.83. The van der Waals surface area contributed by atoms with Crippen molar-refractivity contribution in [2.45, 2.75) is 35.8 Å². The van der Waals surface area contributed by atoms with Gasteiger partial charge in [-0.05, 0) is 51.4 Å². The van der Waals surface area contributed by atoms with Gasteiger partial charge in [0.25, 0.3) is 0 Å². The molecule has 0 amide bonds. The van der Waals surface area contributed by atoms with Crippen molar-refractivity contribution in [3.63, 3.8) is 0 Å². The molecule has 0 spiro atoms. The number of hydrogen-bond acceptors (Lipinski definition) is 8. The third kappa shape index (κ3) is 7.11. The molecule has 1 aliphatic heterocycles. The Balaban J connectivity index is 2.04. The number of fused-ring (bicyclic) bond motifs is 1. The van der Waals surface area contributed by atoms with Crippen molar-refractivity contribution in [3.05, 3.63) is 48.0 Å². The lowest BCUT2D eigenvalue weighted by molar-refractivity contribution is 0.0904. The van der Waals surface area contributed by atoms with Crippen LogP contribution < -0.4 is 9.47 Å². The van der Waals surface area contributed by atoms with Gasteiger partial charge in [0.1, 0.15) is 22.5 Å². The van der Waals surface area contributed by atoms with Gasteiger partial charge in [-0.2, -0.15) is 8.61 Å². The summed E-state index contributed by atoms with van der Waals surface area (Å²) in [5.41, 5.74) is 0.567. The van der Waals surface area contributed by atoms with Crippen LogP contribution in [-0.4, -0.2) is 102 Å². The van der Waals surface area contributed by atoms with Crippen LogP contribution in [0.4, 0.5) is 0 Å². The van der Waals surface area contributed by atoms with Gasteiger partial charge in [-0.1, -0.05) is 24.8 Å². The second kappa shape index (κ2) is 12.7. The number of methoxy groups -OCH3 is 1. The molecule has 2 aromatic rings. The standard InChI is InChI=1S/C27H37N3O7S2/c1-20-17-30(21(2)19-31)39(34,35)27-13-12-22(9-8-14-28(3)4)15-25(27)37-26(20)18-29(5)38(32,33)24-11-7-10-23(16-24)36-6/h7,10-13,15-16,20-21,26,31H,14,17-19H2,1-6H3/t20-,21-,26-/m1/s1. The molecule has 1 N–H and O–H groups in total. The van der Waals surface area contributed by atoms with E-state index in [1.165, 1.54) is 41.0 Å². The molecule has 1 aliphatic rings. The van der Waals surface area contributed by atoms with Crippen molar-refractivity contribution < 1.29 is 31.4 Å². The van der Waals surface area contributed by atoms with Crippen LogP contribution in [-0.2, 0) is 20.0 Å². The molecular weight excluding hydrogens is 542 g/mol. The van der Waals surface area contributed by atoms with E-state index in [0.29, 0.717) is 17.9 Å². The molecule has 0 saturated heterocycles. The van der Waals surface area contributed by atoms with Gasteiger partial charge in [-0.25, -0.2) is 16.8 Å². The van der Waals surface area contributed by atoms with Gasteiger partial charge >= 0.3 is 0 Å². The molecule has 12 heteroatoms. The van der Waals surface area contributed by atoms with Crippen LogP contribution in [0.25, 0.3) is 0 Å². The summed E-state index contributed by atoms with van der Waals surface area (Å²) >= 11 is 0. The van der Waals surface area contributed by atoms with Crippen molar-refractivity contribution in [2.75, 3.05) is 54.5 Å². The molecule has 0 fully saturated rings. The van der Waals surface area contributed by atoms with Crippen molar-refractivity contribution in [1.29, 1.82) is 0 Å². The lowest BCUT2D eigenvalue weighted by Gasteiger charge is -2.37. The topological polar surface area (TPSA) is 117 Å². The van der Waals surface area contributed by atoms with Crippen LogP contribution in [0.1, 0.15) is 19.4 Å². The number of rotatable bonds is 8. The molecule has 10 nitrogen and oxygen atoms in total. The average molecular weight is 580 g/mol. The fourth-order valence-electron chi connectivity index (χ4n) is 4.11. The average Bonchev–Trinajstić information content (AvgIpc) is 2.89. The van der Waals surface area contributed by atoms with Gasteiger partial charge in [0.2, 0.25) is 20.0 Å². The predicted molar refractivity (Wildman–Crippen MR) is 149 cm³/mol. The summed E-state index contributed by atoms with van der Waals surface area (Å²) in [7, 11) is -1.22. The van der Waals surface area contributed by atoms with Gasteiger partial charge < -0.3 is 14.6 Å². The largest absolute Gasteiger partial charge is 0.497 e. The number of ether oxygens (including phenoxy) is 2. The number of hydrogen-bond donors (Lipinski definition) is 1. The van der Waals surface area contributed by atoms with Gasteiger partial charge in [0, 0.05) is 37.2 Å². The molecule has 0 saturated carbocycles. The van der Waals surface area contributed by atoms with Crippen LogP contribution in [0, 0.1) is 17.8 Å². The molecule has 3 atom stereocenters. The first-order valence-electron chi connectivity index (χ1n) is 12.5. The second-order valence-electron chi connectivity index (χ2n) is 9.91. The summed E-state index contributed by atoms with van der Waals surface area (Å²) in [6.07, 6.45) is -0.706. The number of nitrogens with zero attached hydrogens (tertiary/aromatic N) is 3. The highest BCUT2D eigenvalue weighted by Gasteiger charge is 2.39. The number of likely N-dealkylation sites (N-methyl/N-ethyl adjacent to an activating group) is 1. The monoisotopic (exact) mass is 579 g/mol. The fourth-order valence-corrected chi connectivity index (χ4v) is 7.16. The molecule has 39 heavy (non-hydrogen) atoms. The summed E-state index contributed by atoms with van der Waals surface area (Å²) in [5.74, 6) is 6.12. The molecule has 1 heterocycles. The third-order valence-corrected chi connectivity index (χ3v) is 10.3. The Bertz CT molecular complexity index is 1430. The maximum atomic E-state index is 13.6. The van der Waals surface area contributed by atoms with E-state index in [9.17, 15) is 21.9 Å². The van der Waals surface area contributed by atoms with Crippen LogP contribution in [0.5, 0.6) is 11.5 Å². The Morgan fingerprint density at radius 1 is 1.21 bits per heavy atom. The highest BCUT2D eigenvalue weighted by Crippen LogP contribution is 2.34. The van der Waals surface area contributed by atoms with Crippen molar-refractivity contribution in [1.82, 2.24) is 13.5 Å². The maximum absolute atomic E-state index is 13.6. The number of sulfonamides is 2. The Morgan fingerprint density at radius 2 is 1.92 bits per heavy atom. The highest BCUT2D eigenvalue weighted by atomic mass is 32.2. The molecule has 214 valence electrons. The summed E-state index contributed by atoms with van der Waals surface area (Å²) < 4.78 is 68.0. The zero-order chi connectivity index (χ0) is 29.0. The summed E-state index contributed by atoms with van der Waals surface area (Å²) in [4.78, 5) is 1.92. The zero-order valence-electron chi connectivity index (χ0n) is 23.2. The van der Waals surface area contributed by atoms with E-state index in [2.05, 4.69) is 11.8 Å². The zero-order valence-corrected chi connectivity index (χ0v) is 24.8. The molecular formula is C27H37N3O7S2. The number of aliphatic hydroxyl groups excluding tert-OH is 1. The van der Waals surface area contributed by atoms with Crippen molar-refractivity contribution in [3.8, 4) is 23.3 Å². The Labute approximate surface area is 232 Å². The Morgan fingerprint density at radius 3 is 2.56 bits per heavy atom. The molecule has 0 unspecified atom stereocenters. The van der Waals surface area contributed by atoms with Crippen molar-refractivity contribution >= 4 is 20.0 Å². The molecule has 0 aliphatic carbocycles. The summed E-state index contributed by atoms with van der Waals surface area (Å²) in [6.45, 7) is 3.57. The molecule has 3 rings (SSSR count). The first-order chi connectivity index (χ1) is 18.3. The first kappa shape index (κ1) is 30.9. The Kier molecular flexibility index (Phi) is 10.0. The number of aliphatic hydroxyl groups is 1. The third-order valence-electron chi connectivity index (χ3n) is 6.48. The molecule has 0 bridgehead atoms. The van der Waals surface area contributed by atoms with Crippen LogP contribution >= 0.6 is 0 Å². The molecule has 0 radical (unpaired) electrons. The van der Waals surface area contributed by atoms with Crippen molar-refractivity contribution in [2.24, 2.45) is 5.92 Å². The van der Waals surface area contributed by atoms with Gasteiger partial charge in [-0.3, -0.25) is 4.90 Å². The summed E-state index contributed by atoms with van der Waals surface area (Å²) in [6, 6.07) is 10.1. The van der Waals surface area contributed by atoms with E-state index >= 15 is 0 Å². The quantitative estimate of drug-likeness (QED) is 0.470. The van der Waals surface area contributed by atoms with Gasteiger partial charge in [-0.15, -0.1) is 0 Å². The lowest BCUT2D eigenvalue weighted by Crippen LogP contribution is -2.50. The predicted octanol–water partition coefficient (Wildman–Crippen LogP) is 1.70. The van der Waals surface area contributed by atoms with E-state index < -0.39 is 38.1 Å². The van der Waals surface area contributed by atoms with Crippen LogP contribution in [0.3, 0.4) is 0 Å². The molecule has 0 aromatic heterocycles. The molecule has 2 aromatic carbocycles. The van der Waals surface area contributed by atoms with E-state index in [-0.39, 0.29) is 35.2 Å². The van der Waals surface area contributed by atoms with E-state index in [1.54, 1.807) is 38.1 Å². The number of benzene rings is 2.